The molecule has 2 aromatic rings. The second-order valence-corrected chi connectivity index (χ2v) is 6.12. The molecule has 0 bridgehead atoms. The molecule has 1 amide bonds. The van der Waals surface area contributed by atoms with Gasteiger partial charge in [-0.15, -0.1) is 0 Å². The van der Waals surface area contributed by atoms with E-state index in [1.165, 1.54) is 0 Å². The Bertz CT molecular complexity index is 730. The summed E-state index contributed by atoms with van der Waals surface area (Å²) < 4.78 is 25.8. The van der Waals surface area contributed by atoms with Gasteiger partial charge in [0.1, 0.15) is 11.7 Å². The molecule has 2 rings (SSSR count). The van der Waals surface area contributed by atoms with Crippen LogP contribution in [0.3, 0.4) is 0 Å². The molecular formula is C14H15N3O3S. The van der Waals surface area contributed by atoms with E-state index in [4.69, 9.17) is 0 Å². The van der Waals surface area contributed by atoms with Crippen molar-refractivity contribution >= 4 is 21.7 Å². The third kappa shape index (κ3) is 4.28. The fourth-order valence-corrected chi connectivity index (χ4v) is 2.46. The molecule has 0 unspecified atom stereocenters. The summed E-state index contributed by atoms with van der Waals surface area (Å²) in [6.07, 6.45) is 1.56. The Hall–Kier alpha value is -2.41. The van der Waals surface area contributed by atoms with Gasteiger partial charge in [-0.3, -0.25) is 4.79 Å². The van der Waals surface area contributed by atoms with E-state index in [1.54, 1.807) is 42.6 Å². The molecule has 0 fully saturated rings. The minimum Gasteiger partial charge on any atom is -0.355 e. The Labute approximate surface area is 123 Å². The van der Waals surface area contributed by atoms with Crippen LogP contribution in [0.1, 0.15) is 15.9 Å². The Morgan fingerprint density at radius 2 is 1.86 bits per heavy atom. The predicted octanol–water partition coefficient (Wildman–Crippen LogP) is 1.52. The fourth-order valence-electron chi connectivity index (χ4n) is 1.66. The Kier molecular flexibility index (Phi) is 4.54. The number of anilines is 1. The number of amides is 1. The molecule has 1 heterocycles. The van der Waals surface area contributed by atoms with Crippen LogP contribution in [0.25, 0.3) is 0 Å². The molecule has 0 aliphatic rings. The van der Waals surface area contributed by atoms with Crippen molar-refractivity contribution in [2.24, 2.45) is 0 Å². The van der Waals surface area contributed by atoms with Crippen molar-refractivity contribution in [2.45, 2.75) is 6.92 Å². The molecule has 0 atom stereocenters. The van der Waals surface area contributed by atoms with Gasteiger partial charge in [-0.05, 0) is 30.7 Å². The minimum atomic E-state index is -3.79. The molecule has 21 heavy (non-hydrogen) atoms. The van der Waals surface area contributed by atoms with Gasteiger partial charge in [0.2, 0.25) is 0 Å². The first-order chi connectivity index (χ1) is 9.98. The van der Waals surface area contributed by atoms with Gasteiger partial charge < -0.3 is 5.32 Å². The molecule has 1 aromatic heterocycles. The van der Waals surface area contributed by atoms with Gasteiger partial charge in [0.05, 0.1) is 0 Å². The van der Waals surface area contributed by atoms with E-state index in [2.05, 4.69) is 10.3 Å². The predicted molar refractivity (Wildman–Crippen MR) is 80.3 cm³/mol. The fraction of sp³-hybridized carbons (Fsp3) is 0.143. The number of benzene rings is 1. The van der Waals surface area contributed by atoms with E-state index in [9.17, 15) is 13.2 Å². The van der Waals surface area contributed by atoms with E-state index in [0.29, 0.717) is 5.82 Å². The van der Waals surface area contributed by atoms with Crippen LogP contribution in [0.2, 0.25) is 0 Å². The van der Waals surface area contributed by atoms with Crippen LogP contribution in [0, 0.1) is 6.92 Å². The van der Waals surface area contributed by atoms with E-state index in [1.807, 2.05) is 17.7 Å². The van der Waals surface area contributed by atoms with Crippen molar-refractivity contribution in [3.05, 3.63) is 59.8 Å². The molecule has 0 aliphatic carbocycles. The van der Waals surface area contributed by atoms with Gasteiger partial charge in [0.15, 0.2) is 0 Å². The van der Waals surface area contributed by atoms with Crippen LogP contribution >= 0.6 is 0 Å². The van der Waals surface area contributed by atoms with Gasteiger partial charge in [-0.1, -0.05) is 24.3 Å². The van der Waals surface area contributed by atoms with Crippen LogP contribution in [0.15, 0.2) is 48.7 Å². The van der Waals surface area contributed by atoms with Gasteiger partial charge >= 0.3 is 0 Å². The topological polar surface area (TPSA) is 88.2 Å². The molecule has 0 radical (unpaired) electrons. The summed E-state index contributed by atoms with van der Waals surface area (Å²) in [4.78, 5) is 15.8. The van der Waals surface area contributed by atoms with Crippen molar-refractivity contribution in [1.82, 2.24) is 9.71 Å². The Morgan fingerprint density at radius 1 is 1.14 bits per heavy atom. The average molecular weight is 305 g/mol. The minimum absolute atomic E-state index is 0.287. The Morgan fingerprint density at radius 3 is 2.52 bits per heavy atom. The van der Waals surface area contributed by atoms with Crippen molar-refractivity contribution < 1.29 is 13.2 Å². The van der Waals surface area contributed by atoms with Crippen molar-refractivity contribution in [3.63, 3.8) is 0 Å². The van der Waals surface area contributed by atoms with Crippen molar-refractivity contribution in [2.75, 3.05) is 11.2 Å². The highest BCUT2D eigenvalue weighted by atomic mass is 32.2. The zero-order chi connectivity index (χ0) is 15.3. The van der Waals surface area contributed by atoms with Gasteiger partial charge in [0, 0.05) is 11.8 Å². The quantitative estimate of drug-likeness (QED) is 0.874. The van der Waals surface area contributed by atoms with Gasteiger partial charge in [-0.2, -0.15) is 0 Å². The maximum Gasteiger partial charge on any atom is 0.264 e. The summed E-state index contributed by atoms with van der Waals surface area (Å²) in [5, 5.41) is 2.70. The number of nitrogens with zero attached hydrogens (tertiary/aromatic N) is 1. The second-order valence-electron chi connectivity index (χ2n) is 4.40. The summed E-state index contributed by atoms with van der Waals surface area (Å²) in [7, 11) is -3.79. The van der Waals surface area contributed by atoms with Crippen LogP contribution in [-0.2, 0) is 10.0 Å². The molecule has 0 saturated heterocycles. The Balaban J connectivity index is 2.00. The highest BCUT2D eigenvalue weighted by molar-refractivity contribution is 7.90. The first-order valence-electron chi connectivity index (χ1n) is 6.23. The number of rotatable bonds is 5. The molecule has 110 valence electrons. The normalized spacial score (nSPS) is 10.9. The summed E-state index contributed by atoms with van der Waals surface area (Å²) in [5.74, 6) is -0.617. The number of pyridine rings is 1. The molecular weight excluding hydrogens is 290 g/mol. The van der Waals surface area contributed by atoms with Crippen LogP contribution in [-0.4, -0.2) is 25.2 Å². The van der Waals surface area contributed by atoms with Crippen LogP contribution in [0.4, 0.5) is 5.82 Å². The zero-order valence-electron chi connectivity index (χ0n) is 11.4. The van der Waals surface area contributed by atoms with Crippen LogP contribution in [0.5, 0.6) is 0 Å². The van der Waals surface area contributed by atoms with Crippen LogP contribution < -0.4 is 10.0 Å². The maximum atomic E-state index is 11.9. The molecule has 7 heteroatoms. The van der Waals surface area contributed by atoms with E-state index in [0.717, 1.165) is 5.56 Å². The molecule has 6 nitrogen and oxygen atoms in total. The second kappa shape index (κ2) is 6.36. The number of aryl methyl sites for hydroxylation is 1. The summed E-state index contributed by atoms with van der Waals surface area (Å²) in [6.45, 7) is 1.81. The monoisotopic (exact) mass is 305 g/mol. The highest BCUT2D eigenvalue weighted by Crippen LogP contribution is 2.09. The summed E-state index contributed by atoms with van der Waals surface area (Å²) >= 11 is 0. The number of sulfonamides is 1. The first kappa shape index (κ1) is 15.0. The highest BCUT2D eigenvalue weighted by Gasteiger charge is 2.16. The molecule has 2 N–H and O–H groups in total. The molecule has 0 spiro atoms. The number of carbonyl (C=O) groups excluding carboxylic acids is 1. The van der Waals surface area contributed by atoms with Crippen molar-refractivity contribution in [1.29, 1.82) is 0 Å². The lowest BCUT2D eigenvalue weighted by Gasteiger charge is -2.10. The van der Waals surface area contributed by atoms with Crippen molar-refractivity contribution in [3.8, 4) is 0 Å². The van der Waals surface area contributed by atoms with E-state index < -0.39 is 21.8 Å². The summed E-state index contributed by atoms with van der Waals surface area (Å²) in [6, 6.07) is 11.7. The third-order valence-electron chi connectivity index (χ3n) is 2.72. The first-order valence-corrected chi connectivity index (χ1v) is 7.88. The van der Waals surface area contributed by atoms with E-state index in [-0.39, 0.29) is 5.56 Å². The molecule has 0 saturated carbocycles. The van der Waals surface area contributed by atoms with Gasteiger partial charge in [0.25, 0.3) is 15.9 Å². The number of hydrogen-bond acceptors (Lipinski definition) is 5. The lowest BCUT2D eigenvalue weighted by atomic mass is 10.2. The smallest absolute Gasteiger partial charge is 0.264 e. The lowest BCUT2D eigenvalue weighted by molar-refractivity contribution is 0.0981. The molecule has 1 aromatic carbocycles. The van der Waals surface area contributed by atoms with Gasteiger partial charge in [-0.25, -0.2) is 18.1 Å². The standard InChI is InChI=1S/C14H15N3O3S/c1-11-6-5-9-15-13(11)16-10-21(19,20)17-14(18)12-7-3-2-4-8-12/h2-9H,10H2,1H3,(H,15,16)(H,17,18). The van der Waals surface area contributed by atoms with E-state index >= 15 is 0 Å². The summed E-state index contributed by atoms with van der Waals surface area (Å²) in [5.41, 5.74) is 1.11. The number of nitrogens with one attached hydrogen (secondary N) is 2. The third-order valence-corrected chi connectivity index (χ3v) is 3.74. The number of aromatic nitrogens is 1. The SMILES string of the molecule is Cc1cccnc1NCS(=O)(=O)NC(=O)c1ccccc1. The zero-order valence-corrected chi connectivity index (χ0v) is 12.2. The average Bonchev–Trinajstić information content (AvgIpc) is 2.47. The lowest BCUT2D eigenvalue weighted by Crippen LogP contribution is -2.35. The number of hydrogen-bond donors (Lipinski definition) is 2. The number of carbonyl (C=O) groups is 1. The molecule has 0 aliphatic heterocycles. The largest absolute Gasteiger partial charge is 0.355 e. The maximum absolute atomic E-state index is 11.9.